The molecule has 0 spiro atoms. The van der Waals surface area contributed by atoms with Crippen LogP contribution in [0.4, 0.5) is 0 Å². The summed E-state index contributed by atoms with van der Waals surface area (Å²) in [4.78, 5) is 6.44. The Morgan fingerprint density at radius 1 is 0.906 bits per heavy atom. The molecule has 0 aliphatic rings. The summed E-state index contributed by atoms with van der Waals surface area (Å²) < 4.78 is 17.3. The minimum absolute atomic E-state index is 0.610. The highest BCUT2D eigenvalue weighted by Crippen LogP contribution is 2.28. The van der Waals surface area contributed by atoms with Crippen LogP contribution in [0.5, 0.6) is 17.2 Å². The minimum atomic E-state index is 0.610. The third-order valence-electron chi connectivity index (χ3n) is 4.75. The topological polar surface area (TPSA) is 67.3 Å². The number of rotatable bonds is 13. The van der Waals surface area contributed by atoms with Crippen molar-refractivity contribution in [3.8, 4) is 17.2 Å². The van der Waals surface area contributed by atoms with Crippen LogP contribution in [-0.2, 0) is 13.0 Å². The van der Waals surface area contributed by atoms with Gasteiger partial charge in [-0.3, -0.25) is 4.99 Å². The molecule has 2 N–H and O–H groups in total. The molecule has 0 aromatic heterocycles. The van der Waals surface area contributed by atoms with Crippen LogP contribution < -0.4 is 24.8 Å². The maximum absolute atomic E-state index is 5.95. The van der Waals surface area contributed by atoms with Crippen molar-refractivity contribution in [3.05, 3.63) is 53.6 Å². The first-order chi connectivity index (χ1) is 15.6. The van der Waals surface area contributed by atoms with Crippen molar-refractivity contribution in [1.82, 2.24) is 15.5 Å². The first-order valence-corrected chi connectivity index (χ1v) is 11.3. The average molecular weight is 443 g/mol. The number of benzene rings is 2. The van der Waals surface area contributed by atoms with Crippen molar-refractivity contribution in [3.63, 3.8) is 0 Å². The number of nitrogens with zero attached hydrogens (tertiary/aromatic N) is 2. The quantitative estimate of drug-likeness (QED) is 0.366. The Labute approximate surface area is 192 Å². The van der Waals surface area contributed by atoms with E-state index in [1.54, 1.807) is 7.05 Å². The van der Waals surface area contributed by atoms with Gasteiger partial charge in [0.15, 0.2) is 17.5 Å². The summed E-state index contributed by atoms with van der Waals surface area (Å²) in [7, 11) is 5.85. The van der Waals surface area contributed by atoms with Gasteiger partial charge in [-0.15, -0.1) is 0 Å². The van der Waals surface area contributed by atoms with E-state index < -0.39 is 0 Å². The Balaban J connectivity index is 1.86. The highest BCUT2D eigenvalue weighted by molar-refractivity contribution is 5.79. The summed E-state index contributed by atoms with van der Waals surface area (Å²) in [6.07, 6.45) is 0.845. The van der Waals surface area contributed by atoms with Gasteiger partial charge >= 0.3 is 0 Å². The molecule has 0 saturated carbocycles. The molecule has 2 rings (SSSR count). The molecular formula is C25H38N4O3. The molecule has 0 aliphatic carbocycles. The van der Waals surface area contributed by atoms with Crippen molar-refractivity contribution in [2.75, 3.05) is 54.1 Å². The van der Waals surface area contributed by atoms with Crippen LogP contribution in [0.25, 0.3) is 0 Å². The molecule has 0 aliphatic heterocycles. The average Bonchev–Trinajstić information content (AvgIpc) is 2.78. The van der Waals surface area contributed by atoms with Crippen molar-refractivity contribution in [2.24, 2.45) is 4.99 Å². The molecule has 2 aromatic carbocycles. The molecule has 0 fully saturated rings. The van der Waals surface area contributed by atoms with Gasteiger partial charge < -0.3 is 29.7 Å². The predicted molar refractivity (Wildman–Crippen MR) is 131 cm³/mol. The number of ether oxygens (including phenoxy) is 3. The smallest absolute Gasteiger partial charge is 0.191 e. The third kappa shape index (κ3) is 8.67. The number of aliphatic imine (C=N–C) groups is 1. The predicted octanol–water partition coefficient (Wildman–Crippen LogP) is 3.33. The number of hydrogen-bond acceptors (Lipinski definition) is 5. The Morgan fingerprint density at radius 3 is 2.38 bits per heavy atom. The molecule has 176 valence electrons. The Hall–Kier alpha value is -2.93. The third-order valence-corrected chi connectivity index (χ3v) is 4.75. The van der Waals surface area contributed by atoms with Gasteiger partial charge in [0.1, 0.15) is 12.4 Å². The van der Waals surface area contributed by atoms with Gasteiger partial charge in [0.05, 0.1) is 13.2 Å². The van der Waals surface area contributed by atoms with Gasteiger partial charge in [0, 0.05) is 32.2 Å². The second-order valence-electron chi connectivity index (χ2n) is 7.51. The van der Waals surface area contributed by atoms with Gasteiger partial charge in [-0.2, -0.15) is 0 Å². The van der Waals surface area contributed by atoms with Crippen LogP contribution in [-0.4, -0.2) is 64.9 Å². The van der Waals surface area contributed by atoms with Crippen LogP contribution in [0.3, 0.4) is 0 Å². The lowest BCUT2D eigenvalue weighted by Crippen LogP contribution is -2.38. The van der Waals surface area contributed by atoms with E-state index >= 15 is 0 Å². The summed E-state index contributed by atoms with van der Waals surface area (Å²) in [5.41, 5.74) is 2.28. The number of nitrogens with one attached hydrogen (secondary N) is 2. The lowest BCUT2D eigenvalue weighted by Gasteiger charge is -2.16. The molecule has 7 nitrogen and oxygen atoms in total. The van der Waals surface area contributed by atoms with E-state index in [9.17, 15) is 0 Å². The van der Waals surface area contributed by atoms with E-state index in [2.05, 4.69) is 32.7 Å². The molecule has 0 bridgehead atoms. The van der Waals surface area contributed by atoms with Gasteiger partial charge in [-0.25, -0.2) is 0 Å². The monoisotopic (exact) mass is 442 g/mol. The Morgan fingerprint density at radius 2 is 1.66 bits per heavy atom. The van der Waals surface area contributed by atoms with E-state index in [4.69, 9.17) is 14.2 Å². The highest BCUT2D eigenvalue weighted by atomic mass is 16.5. The molecule has 0 radical (unpaired) electrons. The lowest BCUT2D eigenvalue weighted by atomic mass is 10.1. The van der Waals surface area contributed by atoms with Crippen molar-refractivity contribution >= 4 is 5.96 Å². The summed E-state index contributed by atoms with van der Waals surface area (Å²) in [6, 6.07) is 14.2. The van der Waals surface area contributed by atoms with Gasteiger partial charge in [-0.05, 0) is 58.1 Å². The van der Waals surface area contributed by atoms with Gasteiger partial charge in [-0.1, -0.05) is 24.3 Å². The van der Waals surface area contributed by atoms with E-state index in [1.165, 1.54) is 5.56 Å². The normalized spacial score (nSPS) is 11.4. The molecular weight excluding hydrogens is 404 g/mol. The largest absolute Gasteiger partial charge is 0.492 e. The summed E-state index contributed by atoms with van der Waals surface area (Å²) >= 11 is 0. The molecule has 0 saturated heterocycles. The van der Waals surface area contributed by atoms with Crippen LogP contribution in [0.15, 0.2) is 47.5 Å². The Bertz CT molecular complexity index is 840. The first-order valence-electron chi connectivity index (χ1n) is 11.3. The minimum Gasteiger partial charge on any atom is -0.492 e. The molecule has 0 heterocycles. The van der Waals surface area contributed by atoms with Crippen molar-refractivity contribution in [1.29, 1.82) is 0 Å². The molecule has 0 amide bonds. The maximum Gasteiger partial charge on any atom is 0.191 e. The fourth-order valence-electron chi connectivity index (χ4n) is 3.10. The highest BCUT2D eigenvalue weighted by Gasteiger charge is 2.08. The molecule has 32 heavy (non-hydrogen) atoms. The SMILES string of the molecule is CCOc1ccc(CCNC(=NC)NCc2ccccc2OCCN(C)C)cc1OCC. The van der Waals surface area contributed by atoms with Crippen LogP contribution in [0.1, 0.15) is 25.0 Å². The number of para-hydroxylation sites is 1. The maximum atomic E-state index is 5.95. The van der Waals surface area contributed by atoms with Crippen LogP contribution in [0, 0.1) is 0 Å². The Kier molecular flexibility index (Phi) is 11.2. The second kappa shape index (κ2) is 14.2. The standard InChI is InChI=1S/C25H38N4O3/c1-6-30-23-13-12-20(18-24(23)31-7-2)14-15-27-25(26-3)28-19-21-10-8-9-11-22(21)32-17-16-29(4)5/h8-13,18H,6-7,14-17,19H2,1-5H3,(H2,26,27,28). The van der Waals surface area contributed by atoms with Gasteiger partial charge in [0.2, 0.25) is 0 Å². The summed E-state index contributed by atoms with van der Waals surface area (Å²) in [5, 5.41) is 6.75. The summed E-state index contributed by atoms with van der Waals surface area (Å²) in [5.74, 6) is 3.23. The fraction of sp³-hybridized carbons (Fsp3) is 0.480. The van der Waals surface area contributed by atoms with Crippen molar-refractivity contribution < 1.29 is 14.2 Å². The van der Waals surface area contributed by atoms with E-state index in [0.29, 0.717) is 26.4 Å². The number of likely N-dealkylation sites (N-methyl/N-ethyl adjacent to an activating group) is 1. The van der Waals surface area contributed by atoms with Gasteiger partial charge in [0.25, 0.3) is 0 Å². The lowest BCUT2D eigenvalue weighted by molar-refractivity contribution is 0.259. The van der Waals surface area contributed by atoms with Crippen LogP contribution >= 0.6 is 0 Å². The van der Waals surface area contributed by atoms with E-state index in [0.717, 1.165) is 48.3 Å². The zero-order chi connectivity index (χ0) is 23.2. The number of guanidine groups is 1. The van der Waals surface area contributed by atoms with E-state index in [-0.39, 0.29) is 0 Å². The van der Waals surface area contributed by atoms with Crippen molar-refractivity contribution in [2.45, 2.75) is 26.8 Å². The fourth-order valence-corrected chi connectivity index (χ4v) is 3.10. The molecule has 0 atom stereocenters. The zero-order valence-electron chi connectivity index (χ0n) is 20.1. The molecule has 7 heteroatoms. The van der Waals surface area contributed by atoms with E-state index in [1.807, 2.05) is 58.3 Å². The molecule has 0 unspecified atom stereocenters. The number of hydrogen-bond donors (Lipinski definition) is 2. The zero-order valence-corrected chi connectivity index (χ0v) is 20.1. The molecule has 2 aromatic rings. The first kappa shape index (κ1) is 25.3. The van der Waals surface area contributed by atoms with Crippen LogP contribution in [0.2, 0.25) is 0 Å². The summed E-state index contributed by atoms with van der Waals surface area (Å²) in [6.45, 7) is 8.09. The second-order valence-corrected chi connectivity index (χ2v) is 7.51.